The summed E-state index contributed by atoms with van der Waals surface area (Å²) in [6, 6.07) is 4.54. The van der Waals surface area contributed by atoms with Crippen molar-refractivity contribution in [2.75, 3.05) is 19.4 Å². The Morgan fingerprint density at radius 2 is 1.81 bits per heavy atom. The number of carbonyl (C=O) groups is 2. The van der Waals surface area contributed by atoms with E-state index in [1.165, 1.54) is 33.2 Å². The Kier molecular flexibility index (Phi) is 7.00. The zero-order valence-corrected chi connectivity index (χ0v) is 17.1. The van der Waals surface area contributed by atoms with Crippen LogP contribution in [0.2, 0.25) is 0 Å². The average molecular weight is 397 g/mol. The van der Waals surface area contributed by atoms with E-state index < -0.39 is 22.0 Å². The standard InChI is InChI=1S/C19H28N2O5S/c1-13-10-11-16(27(24,25)21(3)4)12-17(13)20-18(22)14(2)26-19(23)15-8-6-5-7-9-15/h10-12,14-15H,5-9H2,1-4H3,(H,20,22)/t14-/m1/s1. The molecule has 8 heteroatoms. The van der Waals surface area contributed by atoms with Gasteiger partial charge in [-0.15, -0.1) is 0 Å². The minimum absolute atomic E-state index is 0.0836. The second-order valence-electron chi connectivity index (χ2n) is 7.17. The van der Waals surface area contributed by atoms with Crippen LogP contribution in [-0.2, 0) is 24.3 Å². The fourth-order valence-electron chi connectivity index (χ4n) is 3.00. The first kappa shape index (κ1) is 21.4. The minimum atomic E-state index is -3.61. The number of sulfonamides is 1. The van der Waals surface area contributed by atoms with E-state index in [1.54, 1.807) is 13.0 Å². The van der Waals surface area contributed by atoms with Crippen LogP contribution in [-0.4, -0.2) is 44.8 Å². The molecule has 7 nitrogen and oxygen atoms in total. The number of carbonyl (C=O) groups excluding carboxylic acids is 2. The van der Waals surface area contributed by atoms with Gasteiger partial charge in [-0.2, -0.15) is 0 Å². The van der Waals surface area contributed by atoms with Gasteiger partial charge in [-0.3, -0.25) is 9.59 Å². The van der Waals surface area contributed by atoms with E-state index in [9.17, 15) is 18.0 Å². The van der Waals surface area contributed by atoms with Crippen LogP contribution in [0.1, 0.15) is 44.6 Å². The molecule has 0 aromatic heterocycles. The molecular formula is C19H28N2O5S. The molecule has 0 unspecified atom stereocenters. The summed E-state index contributed by atoms with van der Waals surface area (Å²) in [4.78, 5) is 24.7. The van der Waals surface area contributed by atoms with Crippen LogP contribution in [0.4, 0.5) is 5.69 Å². The summed E-state index contributed by atoms with van der Waals surface area (Å²) in [5.74, 6) is -0.955. The first-order chi connectivity index (χ1) is 12.6. The molecule has 1 fully saturated rings. The molecule has 0 saturated heterocycles. The summed E-state index contributed by atoms with van der Waals surface area (Å²) in [7, 11) is -0.720. The Labute approximate surface area is 161 Å². The van der Waals surface area contributed by atoms with E-state index in [-0.39, 0.29) is 16.8 Å². The molecule has 0 heterocycles. The number of nitrogens with zero attached hydrogens (tertiary/aromatic N) is 1. The zero-order chi connectivity index (χ0) is 20.2. The van der Waals surface area contributed by atoms with Gasteiger partial charge in [0.1, 0.15) is 0 Å². The Morgan fingerprint density at radius 1 is 1.19 bits per heavy atom. The number of esters is 1. The number of rotatable bonds is 6. The van der Waals surface area contributed by atoms with Crippen molar-refractivity contribution in [3.63, 3.8) is 0 Å². The molecule has 0 bridgehead atoms. The topological polar surface area (TPSA) is 92.8 Å². The Morgan fingerprint density at radius 3 is 2.41 bits per heavy atom. The number of aryl methyl sites for hydroxylation is 1. The van der Waals surface area contributed by atoms with Gasteiger partial charge < -0.3 is 10.1 Å². The average Bonchev–Trinajstić information content (AvgIpc) is 2.63. The molecule has 27 heavy (non-hydrogen) atoms. The van der Waals surface area contributed by atoms with E-state index >= 15 is 0 Å². The molecule has 0 radical (unpaired) electrons. The highest BCUT2D eigenvalue weighted by atomic mass is 32.2. The lowest BCUT2D eigenvalue weighted by Gasteiger charge is -2.22. The van der Waals surface area contributed by atoms with Crippen LogP contribution in [0, 0.1) is 12.8 Å². The van der Waals surface area contributed by atoms with Crippen molar-refractivity contribution in [3.05, 3.63) is 23.8 Å². The van der Waals surface area contributed by atoms with Crippen molar-refractivity contribution < 1.29 is 22.7 Å². The molecule has 1 N–H and O–H groups in total. The van der Waals surface area contributed by atoms with Crippen LogP contribution in [0.5, 0.6) is 0 Å². The summed E-state index contributed by atoms with van der Waals surface area (Å²) >= 11 is 0. The third kappa shape index (κ3) is 5.29. The maximum absolute atomic E-state index is 12.4. The van der Waals surface area contributed by atoms with Gasteiger partial charge in [0, 0.05) is 19.8 Å². The summed E-state index contributed by atoms with van der Waals surface area (Å²) in [5.41, 5.74) is 1.09. The van der Waals surface area contributed by atoms with E-state index in [2.05, 4.69) is 5.32 Å². The number of hydrogen-bond donors (Lipinski definition) is 1. The van der Waals surface area contributed by atoms with Crippen molar-refractivity contribution in [2.45, 2.75) is 57.0 Å². The van der Waals surface area contributed by atoms with Crippen LogP contribution in [0.25, 0.3) is 0 Å². The molecule has 150 valence electrons. The summed E-state index contributed by atoms with van der Waals surface area (Å²) in [6.07, 6.45) is 3.80. The fraction of sp³-hybridized carbons (Fsp3) is 0.579. The van der Waals surface area contributed by atoms with Crippen LogP contribution in [0.15, 0.2) is 23.1 Å². The summed E-state index contributed by atoms with van der Waals surface area (Å²) in [6.45, 7) is 3.28. The molecule has 0 spiro atoms. The molecular weight excluding hydrogens is 368 g/mol. The highest BCUT2D eigenvalue weighted by Gasteiger charge is 2.27. The van der Waals surface area contributed by atoms with Gasteiger partial charge >= 0.3 is 5.97 Å². The molecule has 0 aliphatic heterocycles. The molecule has 1 aliphatic rings. The van der Waals surface area contributed by atoms with Gasteiger partial charge in [-0.05, 0) is 44.4 Å². The smallest absolute Gasteiger partial charge is 0.309 e. The Balaban J connectivity index is 2.07. The first-order valence-corrected chi connectivity index (χ1v) is 10.6. The molecule has 1 saturated carbocycles. The van der Waals surface area contributed by atoms with Crippen molar-refractivity contribution in [2.24, 2.45) is 5.92 Å². The lowest BCUT2D eigenvalue weighted by Crippen LogP contribution is -2.33. The number of anilines is 1. The van der Waals surface area contributed by atoms with Gasteiger partial charge in [-0.25, -0.2) is 12.7 Å². The number of ether oxygens (including phenoxy) is 1. The molecule has 1 aliphatic carbocycles. The maximum Gasteiger partial charge on any atom is 0.309 e. The third-order valence-corrected chi connectivity index (χ3v) is 6.66. The normalized spacial score (nSPS) is 16.8. The number of amides is 1. The van der Waals surface area contributed by atoms with Gasteiger partial charge in [0.2, 0.25) is 10.0 Å². The molecule has 1 atom stereocenters. The Hall–Kier alpha value is -1.93. The number of hydrogen-bond acceptors (Lipinski definition) is 5. The zero-order valence-electron chi connectivity index (χ0n) is 16.3. The highest BCUT2D eigenvalue weighted by Crippen LogP contribution is 2.26. The second kappa shape index (κ2) is 8.84. The van der Waals surface area contributed by atoms with E-state index in [1.807, 2.05) is 0 Å². The van der Waals surface area contributed by atoms with Gasteiger partial charge in [0.05, 0.1) is 10.8 Å². The fourth-order valence-corrected chi connectivity index (χ4v) is 3.93. The summed E-state index contributed by atoms with van der Waals surface area (Å²) < 4.78 is 31.0. The predicted molar refractivity (Wildman–Crippen MR) is 103 cm³/mol. The van der Waals surface area contributed by atoms with Crippen molar-refractivity contribution in [1.29, 1.82) is 0 Å². The Bertz CT molecular complexity index is 798. The van der Waals surface area contributed by atoms with E-state index in [0.717, 1.165) is 36.4 Å². The van der Waals surface area contributed by atoms with Gasteiger partial charge in [0.25, 0.3) is 5.91 Å². The quantitative estimate of drug-likeness (QED) is 0.746. The van der Waals surface area contributed by atoms with Crippen LogP contribution in [0.3, 0.4) is 0 Å². The summed E-state index contributed by atoms with van der Waals surface area (Å²) in [5, 5.41) is 2.67. The lowest BCUT2D eigenvalue weighted by molar-refractivity contribution is -0.158. The van der Waals surface area contributed by atoms with Crippen molar-refractivity contribution in [1.82, 2.24) is 4.31 Å². The molecule has 1 aromatic carbocycles. The molecule has 1 aromatic rings. The van der Waals surface area contributed by atoms with Gasteiger partial charge in [0.15, 0.2) is 6.10 Å². The number of nitrogens with one attached hydrogen (secondary N) is 1. The predicted octanol–water partition coefficient (Wildman–Crippen LogP) is 2.70. The monoisotopic (exact) mass is 396 g/mol. The van der Waals surface area contributed by atoms with Crippen molar-refractivity contribution >= 4 is 27.6 Å². The SMILES string of the molecule is Cc1ccc(S(=O)(=O)N(C)C)cc1NC(=O)[C@@H](C)OC(=O)C1CCCCC1. The first-order valence-electron chi connectivity index (χ1n) is 9.17. The third-order valence-electron chi connectivity index (χ3n) is 4.85. The van der Waals surface area contributed by atoms with E-state index in [0.29, 0.717) is 11.3 Å². The minimum Gasteiger partial charge on any atom is -0.452 e. The van der Waals surface area contributed by atoms with Crippen molar-refractivity contribution in [3.8, 4) is 0 Å². The van der Waals surface area contributed by atoms with Crippen LogP contribution < -0.4 is 5.32 Å². The van der Waals surface area contributed by atoms with Gasteiger partial charge in [-0.1, -0.05) is 25.3 Å². The maximum atomic E-state index is 12.4. The second-order valence-corrected chi connectivity index (χ2v) is 9.32. The largest absolute Gasteiger partial charge is 0.452 e. The highest BCUT2D eigenvalue weighted by molar-refractivity contribution is 7.89. The number of benzene rings is 1. The molecule has 2 rings (SSSR count). The molecule has 1 amide bonds. The van der Waals surface area contributed by atoms with Crippen LogP contribution >= 0.6 is 0 Å². The lowest BCUT2D eigenvalue weighted by atomic mass is 9.89. The van der Waals surface area contributed by atoms with E-state index in [4.69, 9.17) is 4.74 Å².